The van der Waals surface area contributed by atoms with Crippen LogP contribution in [0.3, 0.4) is 0 Å². The van der Waals surface area contributed by atoms with Gasteiger partial charge in [0.1, 0.15) is 11.9 Å². The normalized spacial score (nSPS) is 13.2. The minimum Gasteiger partial charge on any atom is -0.497 e. The van der Waals surface area contributed by atoms with E-state index in [9.17, 15) is 4.79 Å². The number of ether oxygens (including phenoxy) is 2. The number of hydrogen-bond donors (Lipinski definition) is 0. The van der Waals surface area contributed by atoms with Crippen LogP contribution < -0.4 is 4.74 Å². The van der Waals surface area contributed by atoms with Crippen molar-refractivity contribution in [2.75, 3.05) is 7.11 Å². The van der Waals surface area contributed by atoms with Gasteiger partial charge in [-0.2, -0.15) is 0 Å². The van der Waals surface area contributed by atoms with E-state index >= 15 is 0 Å². The zero-order valence-corrected chi connectivity index (χ0v) is 11.0. The molecule has 0 heterocycles. The van der Waals surface area contributed by atoms with Crippen molar-refractivity contribution in [3.05, 3.63) is 29.8 Å². The van der Waals surface area contributed by atoms with Crippen molar-refractivity contribution in [2.45, 2.75) is 26.2 Å². The van der Waals surface area contributed by atoms with E-state index in [-0.39, 0.29) is 17.8 Å². The van der Waals surface area contributed by atoms with Gasteiger partial charge in [-0.3, -0.25) is 4.79 Å². The lowest BCUT2D eigenvalue weighted by Crippen LogP contribution is -2.20. The predicted molar refractivity (Wildman–Crippen MR) is 70.1 cm³/mol. The van der Waals surface area contributed by atoms with Crippen molar-refractivity contribution in [2.24, 2.45) is 5.92 Å². The fourth-order valence-electron chi connectivity index (χ4n) is 2.04. The van der Waals surface area contributed by atoms with Gasteiger partial charge in [0.05, 0.1) is 13.0 Å². The molecule has 3 heteroatoms. The van der Waals surface area contributed by atoms with Crippen LogP contribution >= 0.6 is 0 Å². The second kappa shape index (κ2) is 6.70. The molecule has 0 fully saturated rings. The summed E-state index contributed by atoms with van der Waals surface area (Å²) in [6.07, 6.45) is 7.74. The Morgan fingerprint density at radius 3 is 2.44 bits per heavy atom. The van der Waals surface area contributed by atoms with Crippen LogP contribution in [0.5, 0.6) is 5.75 Å². The van der Waals surface area contributed by atoms with E-state index in [2.05, 4.69) is 4.74 Å². The van der Waals surface area contributed by atoms with Gasteiger partial charge in [-0.15, -0.1) is 0 Å². The third kappa shape index (κ3) is 3.27. The van der Waals surface area contributed by atoms with Crippen LogP contribution in [0.25, 0.3) is 0 Å². The first-order chi connectivity index (χ1) is 8.63. The highest BCUT2D eigenvalue weighted by Gasteiger charge is 2.25. The van der Waals surface area contributed by atoms with Crippen molar-refractivity contribution in [1.82, 2.24) is 0 Å². The van der Waals surface area contributed by atoms with E-state index in [1.54, 1.807) is 7.11 Å². The molecule has 1 aromatic carbocycles. The number of rotatable bonds is 5. The highest BCUT2D eigenvalue weighted by Crippen LogP contribution is 2.29. The van der Waals surface area contributed by atoms with Gasteiger partial charge in [-0.25, -0.2) is 0 Å². The maximum atomic E-state index is 11.7. The summed E-state index contributed by atoms with van der Waals surface area (Å²) >= 11 is 0. The molecule has 18 heavy (non-hydrogen) atoms. The summed E-state index contributed by atoms with van der Waals surface area (Å²) < 4.78 is 9.73. The van der Waals surface area contributed by atoms with Crippen molar-refractivity contribution < 1.29 is 14.3 Å². The lowest BCUT2D eigenvalue weighted by atomic mass is 9.85. The molecule has 0 aliphatic rings. The average molecular weight is 246 g/mol. The Balaban J connectivity index is 2.88. The first kappa shape index (κ1) is 14.1. The molecule has 0 bridgehead atoms. The topological polar surface area (TPSA) is 35.5 Å². The maximum Gasteiger partial charge on any atom is 0.323 e. The van der Waals surface area contributed by atoms with Crippen LogP contribution in [-0.2, 0) is 9.53 Å². The molecule has 2 unspecified atom stereocenters. The molecule has 0 aromatic heterocycles. The Kier molecular flexibility index (Phi) is 5.26. The smallest absolute Gasteiger partial charge is 0.323 e. The Morgan fingerprint density at radius 2 is 2.00 bits per heavy atom. The molecular weight excluding hydrogens is 228 g/mol. The third-order valence-corrected chi connectivity index (χ3v) is 3.12. The fourth-order valence-corrected chi connectivity index (χ4v) is 2.04. The maximum absolute atomic E-state index is 11.7. The minimum absolute atomic E-state index is 0.0942. The van der Waals surface area contributed by atoms with E-state index in [4.69, 9.17) is 11.2 Å². The quantitative estimate of drug-likeness (QED) is 0.592. The molecule has 2 atom stereocenters. The fraction of sp³-hybridized carbons (Fsp3) is 0.400. The number of carbonyl (C=O) groups excluding carboxylic acids is 1. The molecule has 1 rings (SSSR count). The molecule has 96 valence electrons. The van der Waals surface area contributed by atoms with Crippen LogP contribution in [0.15, 0.2) is 24.3 Å². The Labute approximate surface area is 108 Å². The van der Waals surface area contributed by atoms with Crippen molar-refractivity contribution in [1.29, 1.82) is 0 Å². The van der Waals surface area contributed by atoms with E-state index < -0.39 is 0 Å². The monoisotopic (exact) mass is 246 g/mol. The van der Waals surface area contributed by atoms with Crippen molar-refractivity contribution in [3.63, 3.8) is 0 Å². The zero-order chi connectivity index (χ0) is 13.5. The summed E-state index contributed by atoms with van der Waals surface area (Å²) in [5.41, 5.74) is 1.08. The van der Waals surface area contributed by atoms with E-state index in [0.717, 1.165) is 17.7 Å². The molecule has 0 aliphatic heterocycles. The van der Waals surface area contributed by atoms with Gasteiger partial charge in [0.2, 0.25) is 0 Å². The van der Waals surface area contributed by atoms with E-state index in [1.165, 1.54) is 0 Å². The molecule has 0 spiro atoms. The van der Waals surface area contributed by atoms with E-state index in [0.29, 0.717) is 0 Å². The molecule has 0 saturated heterocycles. The molecule has 0 amide bonds. The molecule has 3 nitrogen and oxygen atoms in total. The van der Waals surface area contributed by atoms with E-state index in [1.807, 2.05) is 44.2 Å². The number of carbonyl (C=O) groups is 1. The predicted octanol–water partition coefficient (Wildman–Crippen LogP) is 2.96. The molecule has 0 radical (unpaired) electrons. The van der Waals surface area contributed by atoms with Gasteiger partial charge in [0.15, 0.2) is 0 Å². The number of benzene rings is 1. The van der Waals surface area contributed by atoms with Crippen LogP contribution in [0.1, 0.15) is 31.7 Å². The average Bonchev–Trinajstić information content (AvgIpc) is 2.40. The minimum atomic E-state index is -0.361. The van der Waals surface area contributed by atoms with Crippen LogP contribution in [0.4, 0.5) is 0 Å². The summed E-state index contributed by atoms with van der Waals surface area (Å²) in [5.74, 6) is 0.267. The van der Waals surface area contributed by atoms with Gasteiger partial charge in [-0.05, 0) is 30.0 Å². The van der Waals surface area contributed by atoms with Gasteiger partial charge in [-0.1, -0.05) is 32.4 Å². The summed E-state index contributed by atoms with van der Waals surface area (Å²) in [5, 5.41) is 0. The Bertz CT molecular complexity index is 428. The number of hydrogen-bond acceptors (Lipinski definition) is 3. The summed E-state index contributed by atoms with van der Waals surface area (Å²) in [6.45, 7) is 3.87. The molecule has 0 aliphatic carbocycles. The largest absolute Gasteiger partial charge is 0.497 e. The molecule has 0 N–H and O–H groups in total. The Morgan fingerprint density at radius 1 is 1.39 bits per heavy atom. The third-order valence-electron chi connectivity index (χ3n) is 3.12. The highest BCUT2D eigenvalue weighted by atomic mass is 16.5. The van der Waals surface area contributed by atoms with Gasteiger partial charge < -0.3 is 9.47 Å². The molecular formula is C15H18O3. The van der Waals surface area contributed by atoms with Crippen LogP contribution in [0, 0.1) is 18.4 Å². The first-order valence-electron chi connectivity index (χ1n) is 5.94. The number of esters is 1. The van der Waals surface area contributed by atoms with Gasteiger partial charge in [0.25, 0.3) is 0 Å². The summed E-state index contributed by atoms with van der Waals surface area (Å²) in [4.78, 5) is 11.7. The van der Waals surface area contributed by atoms with Crippen LogP contribution in [-0.4, -0.2) is 13.1 Å². The molecule has 1 aromatic rings. The van der Waals surface area contributed by atoms with Crippen LogP contribution in [0.2, 0.25) is 0 Å². The second-order valence-electron chi connectivity index (χ2n) is 4.12. The summed E-state index contributed by atoms with van der Waals surface area (Å²) in [7, 11) is 1.62. The van der Waals surface area contributed by atoms with Gasteiger partial charge in [0, 0.05) is 0 Å². The first-order valence-corrected chi connectivity index (χ1v) is 5.94. The second-order valence-corrected chi connectivity index (χ2v) is 4.12. The van der Waals surface area contributed by atoms with Crippen molar-refractivity contribution in [3.8, 4) is 18.3 Å². The standard InChI is InChI=1S/C15H18O3/c1-5-14(11(3)15(16)18-6-2)12-7-9-13(17-4)10-8-12/h2,7-11,14H,5H2,1,3-4H3. The number of methoxy groups -OCH3 is 1. The number of terminal acetylenes is 1. The lowest BCUT2D eigenvalue weighted by molar-refractivity contribution is -0.141. The van der Waals surface area contributed by atoms with Crippen molar-refractivity contribution >= 4 is 5.97 Å². The summed E-state index contributed by atoms with van der Waals surface area (Å²) in [6, 6.07) is 7.70. The zero-order valence-electron chi connectivity index (χ0n) is 11.0. The highest BCUT2D eigenvalue weighted by molar-refractivity contribution is 5.74. The SMILES string of the molecule is C#COC(=O)C(C)C(CC)c1ccc(OC)cc1. The molecule has 0 saturated carbocycles. The van der Waals surface area contributed by atoms with Gasteiger partial charge >= 0.3 is 5.97 Å². The Hall–Kier alpha value is -1.95. The lowest BCUT2D eigenvalue weighted by Gasteiger charge is -2.20.